The molecule has 1 saturated carbocycles. The lowest BCUT2D eigenvalue weighted by atomic mass is 9.56. The number of likely N-dealkylation sites (tertiary alicyclic amines) is 1. The largest absolute Gasteiger partial charge is 0.506 e. The molecule has 284 valence electrons. The molecule has 3 unspecified atom stereocenters. The number of amides is 1. The standard InChI is InChI=1S/C38H42F3N9O4/c1-20(43-27-10-8-25(17-31(27)51)38(39,40)41)18-50-36(54)32-28(45-48(5)34(46-50)23-6-7-24-19-47(4)44-29(24)16-23)12-13-37(32)14-15-49(30-11-9-26(30)37)35(53)21(2)33(52)22(3)42/h6-8,10,16-17,19,26,30,43,45,51-52H,1-2,9,11-15,18,42H2,3-5H3/b33-22+,46-34?. The number of allylic oxidation sites excluding steroid dienone is 2. The molecule has 2 aliphatic carbocycles. The molecule has 54 heavy (non-hydrogen) atoms. The molecular formula is C38H42F3N9O4. The number of hydrogen-bond acceptors (Lipinski definition) is 8. The predicted molar refractivity (Wildman–Crippen MR) is 197 cm³/mol. The van der Waals surface area contributed by atoms with Crippen molar-refractivity contribution in [2.24, 2.45) is 25.7 Å². The zero-order chi connectivity index (χ0) is 38.9. The fourth-order valence-electron chi connectivity index (χ4n) is 8.38. The number of carbonyl (C=O) groups is 1. The Morgan fingerprint density at radius 2 is 1.89 bits per heavy atom. The highest BCUT2D eigenvalue weighted by atomic mass is 19.4. The number of carbonyl (C=O) groups excluding carboxylic acids is 1. The van der Waals surface area contributed by atoms with E-state index in [1.807, 2.05) is 31.4 Å². The van der Waals surface area contributed by atoms with Crippen LogP contribution in [0.5, 0.6) is 5.75 Å². The number of nitrogens with one attached hydrogen (secondary N) is 2. The molecule has 0 radical (unpaired) electrons. The third kappa shape index (κ3) is 6.18. The first-order valence-corrected chi connectivity index (χ1v) is 17.6. The van der Waals surface area contributed by atoms with Gasteiger partial charge in [-0.3, -0.25) is 19.0 Å². The fourth-order valence-corrected chi connectivity index (χ4v) is 8.38. The second-order valence-corrected chi connectivity index (χ2v) is 14.5. The van der Waals surface area contributed by atoms with Gasteiger partial charge in [0, 0.05) is 71.9 Å². The van der Waals surface area contributed by atoms with Gasteiger partial charge in [-0.15, -0.1) is 5.10 Å². The van der Waals surface area contributed by atoms with Crippen LogP contribution in [0.15, 0.2) is 83.3 Å². The Morgan fingerprint density at radius 3 is 2.56 bits per heavy atom. The first-order valence-electron chi connectivity index (χ1n) is 17.6. The molecule has 1 saturated heterocycles. The molecule has 6 N–H and O–H groups in total. The Bertz CT molecular complexity index is 2380. The summed E-state index contributed by atoms with van der Waals surface area (Å²) in [6.45, 7) is 9.49. The quantitative estimate of drug-likeness (QED) is 0.0721. The number of hydrogen-bond donors (Lipinski definition) is 5. The van der Waals surface area contributed by atoms with Gasteiger partial charge >= 0.3 is 6.18 Å². The lowest BCUT2D eigenvalue weighted by molar-refractivity contribution is -0.140. The number of nitrogens with zero attached hydrogens (tertiary/aromatic N) is 6. The number of aromatic hydroxyl groups is 1. The van der Waals surface area contributed by atoms with Gasteiger partial charge in [-0.2, -0.15) is 18.3 Å². The summed E-state index contributed by atoms with van der Waals surface area (Å²) in [5.41, 5.74) is 6.64. The number of aromatic amines is 1. The van der Waals surface area contributed by atoms with Gasteiger partial charge in [0.15, 0.2) is 5.82 Å². The number of benzene rings is 2. The van der Waals surface area contributed by atoms with Crippen molar-refractivity contribution in [2.45, 2.75) is 63.2 Å². The Morgan fingerprint density at radius 1 is 1.13 bits per heavy atom. The number of aryl methyl sites for hydroxylation is 3. The van der Waals surface area contributed by atoms with Gasteiger partial charge in [-0.1, -0.05) is 25.3 Å². The number of aliphatic hydroxyl groups excluding tert-OH is 1. The molecule has 4 aromatic rings. The molecular weight excluding hydrogens is 703 g/mol. The zero-order valence-corrected chi connectivity index (χ0v) is 30.2. The maximum atomic E-state index is 15.0. The Hall–Kier alpha value is -5.93. The summed E-state index contributed by atoms with van der Waals surface area (Å²) in [5, 5.41) is 37.5. The number of alkyl halides is 3. The number of piperidine rings is 1. The van der Waals surface area contributed by atoms with E-state index in [9.17, 15) is 28.2 Å². The lowest BCUT2D eigenvalue weighted by Crippen LogP contribution is -2.63. The van der Waals surface area contributed by atoms with Crippen molar-refractivity contribution in [1.29, 1.82) is 0 Å². The molecule has 2 fully saturated rings. The van der Waals surface area contributed by atoms with E-state index in [0.29, 0.717) is 48.8 Å². The summed E-state index contributed by atoms with van der Waals surface area (Å²) in [5.74, 6) is -1.03. The van der Waals surface area contributed by atoms with Crippen molar-refractivity contribution in [1.82, 2.24) is 34.2 Å². The van der Waals surface area contributed by atoms with Crippen molar-refractivity contribution in [3.63, 3.8) is 0 Å². The third-order valence-electron chi connectivity index (χ3n) is 11.1. The summed E-state index contributed by atoms with van der Waals surface area (Å²) in [7, 11) is 3.63. The normalized spacial score (nSPS) is 20.9. The number of halogens is 3. The number of anilines is 1. The number of nitrogens with two attached hydrogens (primary N) is 1. The Labute approximate surface area is 308 Å². The van der Waals surface area contributed by atoms with Crippen LogP contribution in [0.2, 0.25) is 0 Å². The van der Waals surface area contributed by atoms with E-state index in [4.69, 9.17) is 10.8 Å². The van der Waals surface area contributed by atoms with Gasteiger partial charge in [0.25, 0.3) is 11.5 Å². The van der Waals surface area contributed by atoms with Crippen molar-refractivity contribution in [2.75, 3.05) is 11.9 Å². The van der Waals surface area contributed by atoms with Crippen LogP contribution in [0.25, 0.3) is 22.3 Å². The average Bonchev–Trinajstić information content (AvgIpc) is 3.64. The average molecular weight is 746 g/mol. The van der Waals surface area contributed by atoms with Gasteiger partial charge in [0.2, 0.25) is 0 Å². The summed E-state index contributed by atoms with van der Waals surface area (Å²) < 4.78 is 44.6. The number of phenols is 1. The predicted octanol–water partition coefficient (Wildman–Crippen LogP) is 5.44. The summed E-state index contributed by atoms with van der Waals surface area (Å²) >= 11 is 0. The molecule has 2 aromatic carbocycles. The third-order valence-corrected chi connectivity index (χ3v) is 11.1. The number of phenolic OH excluding ortho intramolecular Hbond substituents is 1. The molecule has 13 nitrogen and oxygen atoms in total. The Kier molecular flexibility index (Phi) is 8.89. The molecule has 3 heterocycles. The van der Waals surface area contributed by atoms with Crippen LogP contribution in [-0.2, 0) is 43.4 Å². The highest BCUT2D eigenvalue weighted by molar-refractivity contribution is 5.97. The second-order valence-electron chi connectivity index (χ2n) is 14.5. The van der Waals surface area contributed by atoms with E-state index < -0.39 is 28.8 Å². The van der Waals surface area contributed by atoms with E-state index >= 15 is 4.79 Å². The molecule has 3 atom stereocenters. The highest BCUT2D eigenvalue weighted by Gasteiger charge is 2.58. The molecule has 2 aromatic heterocycles. The van der Waals surface area contributed by atoms with Gasteiger partial charge in [-0.05, 0) is 69.2 Å². The maximum Gasteiger partial charge on any atom is 0.416 e. The second kappa shape index (κ2) is 13.2. The number of H-pyrrole nitrogens is 1. The van der Waals surface area contributed by atoms with E-state index in [2.05, 4.69) is 28.7 Å². The topological polar surface area (TPSA) is 172 Å². The smallest absolute Gasteiger partial charge is 0.416 e. The summed E-state index contributed by atoms with van der Waals surface area (Å²) in [6.07, 6.45) is 0.441. The molecule has 0 bridgehead atoms. The van der Waals surface area contributed by atoms with Gasteiger partial charge < -0.3 is 31.3 Å². The van der Waals surface area contributed by atoms with Crippen LogP contribution < -0.4 is 16.6 Å². The zero-order valence-electron chi connectivity index (χ0n) is 30.2. The van der Waals surface area contributed by atoms with Crippen LogP contribution in [-0.4, -0.2) is 62.9 Å². The number of aliphatic hydroxyl groups is 1. The molecule has 1 aliphatic heterocycles. The SMILES string of the molecule is C=C(Cn1nc(-c2ccc3cn(C)nc3c2)n(C)[nH]c2c(c1=O)C1(CC2)CCN(C(=O)C(=C)/C(O)=C(/C)N)C2CCC21)Nc1ccc(C(F)(F)F)cc1O. The Balaban J connectivity index is 1.32. The molecule has 16 heteroatoms. The monoisotopic (exact) mass is 745 g/mol. The molecule has 1 spiro atoms. The van der Waals surface area contributed by atoms with E-state index in [1.54, 1.807) is 21.3 Å². The van der Waals surface area contributed by atoms with Crippen LogP contribution in [0.1, 0.15) is 49.4 Å². The van der Waals surface area contributed by atoms with Crippen LogP contribution in [0.3, 0.4) is 0 Å². The van der Waals surface area contributed by atoms with Crippen molar-refractivity contribution >= 4 is 22.5 Å². The highest BCUT2D eigenvalue weighted by Crippen LogP contribution is 2.56. The summed E-state index contributed by atoms with van der Waals surface area (Å²) in [6, 6.07) is 8.04. The molecule has 3 aliphatic rings. The number of fused-ring (bicyclic) bond motifs is 5. The summed E-state index contributed by atoms with van der Waals surface area (Å²) in [4.78, 5) is 30.3. The van der Waals surface area contributed by atoms with Crippen LogP contribution in [0, 0.1) is 5.92 Å². The van der Waals surface area contributed by atoms with E-state index in [1.165, 1.54) is 11.6 Å². The number of rotatable bonds is 7. The van der Waals surface area contributed by atoms with Gasteiger partial charge in [0.05, 0.1) is 28.9 Å². The minimum absolute atomic E-state index is 0.0185. The molecule has 1 amide bonds. The fraction of sp³-hybridized carbons (Fsp3) is 0.368. The maximum absolute atomic E-state index is 15.0. The van der Waals surface area contributed by atoms with E-state index in [0.717, 1.165) is 41.6 Å². The number of aromatic nitrogens is 6. The van der Waals surface area contributed by atoms with Gasteiger partial charge in [-0.25, -0.2) is 4.68 Å². The minimum atomic E-state index is -4.64. The minimum Gasteiger partial charge on any atom is -0.506 e. The van der Waals surface area contributed by atoms with E-state index in [-0.39, 0.29) is 52.5 Å². The first kappa shape index (κ1) is 36.4. The van der Waals surface area contributed by atoms with Crippen molar-refractivity contribution in [3.05, 3.63) is 106 Å². The van der Waals surface area contributed by atoms with Crippen molar-refractivity contribution in [3.8, 4) is 17.1 Å². The lowest BCUT2D eigenvalue weighted by Gasteiger charge is -2.57. The van der Waals surface area contributed by atoms with Gasteiger partial charge in [0.1, 0.15) is 11.5 Å². The van der Waals surface area contributed by atoms with Crippen LogP contribution >= 0.6 is 0 Å². The van der Waals surface area contributed by atoms with Crippen molar-refractivity contribution < 1.29 is 28.2 Å². The first-order chi connectivity index (χ1) is 25.5. The van der Waals surface area contributed by atoms with Crippen LogP contribution in [0.4, 0.5) is 18.9 Å². The molecule has 7 rings (SSSR count).